The number of hydrogen-bond donors (Lipinski definition) is 1. The summed E-state index contributed by atoms with van der Waals surface area (Å²) in [5.41, 5.74) is 0. The lowest BCUT2D eigenvalue weighted by atomic mass is 10.0. The van der Waals surface area contributed by atoms with Crippen molar-refractivity contribution in [3.8, 4) is 0 Å². The van der Waals surface area contributed by atoms with E-state index in [0.717, 1.165) is 19.7 Å². The number of likely N-dealkylation sites (N-methyl/N-ethyl adjacent to an activating group) is 1. The lowest BCUT2D eigenvalue weighted by Crippen LogP contribution is -2.48. The number of rotatable bonds is 5. The van der Waals surface area contributed by atoms with Crippen molar-refractivity contribution in [2.75, 3.05) is 26.7 Å². The Bertz CT molecular complexity index is 165. The van der Waals surface area contributed by atoms with E-state index in [1.54, 1.807) is 0 Å². The summed E-state index contributed by atoms with van der Waals surface area (Å²) in [5, 5.41) is 3.53. The fourth-order valence-electron chi connectivity index (χ4n) is 1.97. The van der Waals surface area contributed by atoms with Gasteiger partial charge in [-0.1, -0.05) is 0 Å². The van der Waals surface area contributed by atoms with Crippen LogP contribution in [0, 0.1) is 0 Å². The second-order valence-corrected chi connectivity index (χ2v) is 4.94. The minimum absolute atomic E-state index is 0.350. The van der Waals surface area contributed by atoms with Gasteiger partial charge in [0.05, 0.1) is 12.7 Å². The van der Waals surface area contributed by atoms with Crippen LogP contribution in [0.5, 0.6) is 0 Å². The number of nitrogens with zero attached hydrogens (tertiary/aromatic N) is 1. The summed E-state index contributed by atoms with van der Waals surface area (Å²) in [6.45, 7) is 9.45. The van der Waals surface area contributed by atoms with Gasteiger partial charge in [-0.2, -0.15) is 0 Å². The van der Waals surface area contributed by atoms with Crippen LogP contribution in [-0.4, -0.2) is 49.8 Å². The highest BCUT2D eigenvalue weighted by atomic mass is 16.5. The van der Waals surface area contributed by atoms with Gasteiger partial charge in [0.25, 0.3) is 0 Å². The molecular formula is C12H26N2O. The summed E-state index contributed by atoms with van der Waals surface area (Å²) < 4.78 is 5.56. The van der Waals surface area contributed by atoms with E-state index in [2.05, 4.69) is 38.0 Å². The topological polar surface area (TPSA) is 24.5 Å². The highest BCUT2D eigenvalue weighted by Crippen LogP contribution is 2.12. The fourth-order valence-corrected chi connectivity index (χ4v) is 1.97. The molecule has 1 heterocycles. The van der Waals surface area contributed by atoms with Crippen LogP contribution in [0.25, 0.3) is 0 Å². The van der Waals surface area contributed by atoms with Crippen LogP contribution in [0.1, 0.15) is 33.6 Å². The Morgan fingerprint density at radius 1 is 1.40 bits per heavy atom. The van der Waals surface area contributed by atoms with Crippen LogP contribution >= 0.6 is 0 Å². The molecule has 3 nitrogen and oxygen atoms in total. The number of nitrogens with one attached hydrogen (secondary N) is 1. The van der Waals surface area contributed by atoms with E-state index in [4.69, 9.17) is 4.74 Å². The van der Waals surface area contributed by atoms with E-state index in [1.165, 1.54) is 12.8 Å². The Hall–Kier alpha value is -0.120. The maximum atomic E-state index is 5.56. The smallest absolute Gasteiger partial charge is 0.0596 e. The molecule has 2 unspecified atom stereocenters. The van der Waals surface area contributed by atoms with Crippen molar-refractivity contribution in [3.63, 3.8) is 0 Å². The summed E-state index contributed by atoms with van der Waals surface area (Å²) in [5.74, 6) is 0. The van der Waals surface area contributed by atoms with Gasteiger partial charge in [0, 0.05) is 25.2 Å². The van der Waals surface area contributed by atoms with Gasteiger partial charge in [-0.3, -0.25) is 4.90 Å². The zero-order chi connectivity index (χ0) is 11.3. The molecule has 1 rings (SSSR count). The molecule has 0 aromatic carbocycles. The van der Waals surface area contributed by atoms with Crippen LogP contribution in [0.15, 0.2) is 0 Å². The van der Waals surface area contributed by atoms with Crippen LogP contribution < -0.4 is 5.32 Å². The number of piperidine rings is 1. The molecule has 0 bridgehead atoms. The predicted molar refractivity (Wildman–Crippen MR) is 64.2 cm³/mol. The van der Waals surface area contributed by atoms with Gasteiger partial charge in [0.2, 0.25) is 0 Å². The van der Waals surface area contributed by atoms with E-state index < -0.39 is 0 Å². The molecule has 0 aromatic rings. The van der Waals surface area contributed by atoms with Gasteiger partial charge in [-0.25, -0.2) is 0 Å². The van der Waals surface area contributed by atoms with Crippen molar-refractivity contribution < 1.29 is 4.74 Å². The standard InChI is InChI=1S/C12H26N2O/c1-10(2)15-8-7-14(4)12-6-5-11(3)13-9-12/h10-13H,5-9H2,1-4H3. The first-order chi connectivity index (χ1) is 7.09. The molecule has 0 aliphatic carbocycles. The largest absolute Gasteiger partial charge is 0.377 e. The van der Waals surface area contributed by atoms with Crippen molar-refractivity contribution >= 4 is 0 Å². The zero-order valence-electron chi connectivity index (χ0n) is 10.6. The molecule has 3 heteroatoms. The summed E-state index contributed by atoms with van der Waals surface area (Å²) in [6.07, 6.45) is 2.95. The van der Waals surface area contributed by atoms with Crippen LogP contribution in [0.4, 0.5) is 0 Å². The predicted octanol–water partition coefficient (Wildman–Crippen LogP) is 1.48. The number of ether oxygens (including phenoxy) is 1. The van der Waals surface area contributed by atoms with Crippen LogP contribution in [0.3, 0.4) is 0 Å². The first kappa shape index (κ1) is 12.9. The van der Waals surface area contributed by atoms with Gasteiger partial charge in [-0.15, -0.1) is 0 Å². The summed E-state index contributed by atoms with van der Waals surface area (Å²) in [7, 11) is 2.20. The SMILES string of the molecule is CC1CCC(N(C)CCOC(C)C)CN1. The molecular weight excluding hydrogens is 188 g/mol. The van der Waals surface area contributed by atoms with Gasteiger partial charge < -0.3 is 10.1 Å². The molecule has 0 spiro atoms. The molecule has 0 saturated carbocycles. The van der Waals surface area contributed by atoms with Crippen molar-refractivity contribution in [2.45, 2.75) is 51.8 Å². The van der Waals surface area contributed by atoms with E-state index in [0.29, 0.717) is 18.2 Å². The van der Waals surface area contributed by atoms with Gasteiger partial charge in [0.1, 0.15) is 0 Å². The third-order valence-corrected chi connectivity index (χ3v) is 3.15. The second-order valence-electron chi connectivity index (χ2n) is 4.94. The normalized spacial score (nSPS) is 27.6. The summed E-state index contributed by atoms with van der Waals surface area (Å²) in [6, 6.07) is 1.39. The van der Waals surface area contributed by atoms with Crippen molar-refractivity contribution in [1.82, 2.24) is 10.2 Å². The Labute approximate surface area is 94.2 Å². The summed E-state index contributed by atoms with van der Waals surface area (Å²) >= 11 is 0. The molecule has 1 N–H and O–H groups in total. The van der Waals surface area contributed by atoms with Gasteiger partial charge in [-0.05, 0) is 40.7 Å². The van der Waals surface area contributed by atoms with Crippen LogP contribution in [0.2, 0.25) is 0 Å². The fraction of sp³-hybridized carbons (Fsp3) is 1.00. The third kappa shape index (κ3) is 4.96. The monoisotopic (exact) mass is 214 g/mol. The van der Waals surface area contributed by atoms with Crippen LogP contribution in [-0.2, 0) is 4.74 Å². The lowest BCUT2D eigenvalue weighted by Gasteiger charge is -2.34. The maximum Gasteiger partial charge on any atom is 0.0596 e. The molecule has 1 aliphatic rings. The zero-order valence-corrected chi connectivity index (χ0v) is 10.6. The molecule has 90 valence electrons. The second kappa shape index (κ2) is 6.46. The molecule has 15 heavy (non-hydrogen) atoms. The van der Waals surface area contributed by atoms with E-state index >= 15 is 0 Å². The highest BCUT2D eigenvalue weighted by molar-refractivity contribution is 4.80. The first-order valence-corrected chi connectivity index (χ1v) is 6.15. The average Bonchev–Trinajstić information content (AvgIpc) is 2.18. The van der Waals surface area contributed by atoms with Crippen molar-refractivity contribution in [2.24, 2.45) is 0 Å². The lowest BCUT2D eigenvalue weighted by molar-refractivity contribution is 0.0519. The maximum absolute atomic E-state index is 5.56. The minimum atomic E-state index is 0.350. The van der Waals surface area contributed by atoms with Gasteiger partial charge in [0.15, 0.2) is 0 Å². The summed E-state index contributed by atoms with van der Waals surface area (Å²) in [4.78, 5) is 2.42. The first-order valence-electron chi connectivity index (χ1n) is 6.15. The molecule has 0 aromatic heterocycles. The van der Waals surface area contributed by atoms with E-state index in [9.17, 15) is 0 Å². The quantitative estimate of drug-likeness (QED) is 0.750. The van der Waals surface area contributed by atoms with Crippen molar-refractivity contribution in [3.05, 3.63) is 0 Å². The molecule has 1 saturated heterocycles. The molecule has 2 atom stereocenters. The minimum Gasteiger partial charge on any atom is -0.377 e. The molecule has 1 fully saturated rings. The number of hydrogen-bond acceptors (Lipinski definition) is 3. The molecule has 0 amide bonds. The third-order valence-electron chi connectivity index (χ3n) is 3.15. The van der Waals surface area contributed by atoms with E-state index in [1.807, 2.05) is 0 Å². The van der Waals surface area contributed by atoms with E-state index in [-0.39, 0.29) is 0 Å². The van der Waals surface area contributed by atoms with Gasteiger partial charge >= 0.3 is 0 Å². The Morgan fingerprint density at radius 2 is 2.13 bits per heavy atom. The molecule has 0 radical (unpaired) electrons. The molecule has 1 aliphatic heterocycles. The average molecular weight is 214 g/mol. The van der Waals surface area contributed by atoms with Crippen molar-refractivity contribution in [1.29, 1.82) is 0 Å². The Morgan fingerprint density at radius 3 is 2.67 bits per heavy atom. The Balaban J connectivity index is 2.13. The Kier molecular flexibility index (Phi) is 5.58. The highest BCUT2D eigenvalue weighted by Gasteiger charge is 2.20.